The summed E-state index contributed by atoms with van der Waals surface area (Å²) in [6, 6.07) is 3.88. The van der Waals surface area contributed by atoms with Crippen molar-refractivity contribution in [3.8, 4) is 22.8 Å². The average molecular weight is 259 g/mol. The third-order valence-corrected chi connectivity index (χ3v) is 3.65. The van der Waals surface area contributed by atoms with E-state index in [4.69, 9.17) is 15.2 Å². The number of aromatic nitrogens is 2. The van der Waals surface area contributed by atoms with Crippen molar-refractivity contribution in [2.24, 2.45) is 0 Å². The van der Waals surface area contributed by atoms with E-state index in [1.165, 1.54) is 11.3 Å². The molecule has 5 nitrogen and oxygen atoms in total. The smallest absolute Gasteiger partial charge is 0.231 e. The zero-order valence-electron chi connectivity index (χ0n) is 9.27. The predicted molar refractivity (Wildman–Crippen MR) is 69.9 cm³/mol. The van der Waals surface area contributed by atoms with Gasteiger partial charge in [0.05, 0.1) is 16.6 Å². The summed E-state index contributed by atoms with van der Waals surface area (Å²) in [7, 11) is 0. The minimum absolute atomic E-state index is 0.262. The molecule has 4 rings (SSSR count). The quantitative estimate of drug-likeness (QED) is 0.704. The maximum absolute atomic E-state index is 5.68. The monoisotopic (exact) mass is 259 g/mol. The normalized spacial score (nSPS) is 13.3. The Labute approximate surface area is 106 Å². The second-order valence-corrected chi connectivity index (χ2v) is 4.88. The third-order valence-electron chi connectivity index (χ3n) is 2.98. The summed E-state index contributed by atoms with van der Waals surface area (Å²) in [4.78, 5) is 7.52. The van der Waals surface area contributed by atoms with Crippen LogP contribution >= 0.6 is 11.3 Å². The van der Waals surface area contributed by atoms with E-state index >= 15 is 0 Å². The molecule has 3 aromatic rings. The molecule has 3 heterocycles. The Hall–Kier alpha value is -2.21. The highest BCUT2D eigenvalue weighted by molar-refractivity contribution is 7.13. The molecule has 1 aliphatic rings. The molecule has 6 heteroatoms. The fraction of sp³-hybridized carbons (Fsp3) is 0.0833. The molecular weight excluding hydrogens is 250 g/mol. The number of H-pyrrole nitrogens is 1. The molecule has 0 radical (unpaired) electrons. The van der Waals surface area contributed by atoms with Gasteiger partial charge in [-0.05, 0) is 12.1 Å². The van der Waals surface area contributed by atoms with E-state index < -0.39 is 0 Å². The SMILES string of the molecule is Nc1nc(-c2c[nH]c3ccc4c(c23)OCO4)cs1. The van der Waals surface area contributed by atoms with E-state index in [-0.39, 0.29) is 6.79 Å². The van der Waals surface area contributed by atoms with Crippen molar-refractivity contribution in [1.82, 2.24) is 9.97 Å². The highest BCUT2D eigenvalue weighted by atomic mass is 32.1. The number of rotatable bonds is 1. The standard InChI is InChI=1S/C12H9N3O2S/c13-12-15-8(4-18-12)6-3-14-7-1-2-9-11(10(6)7)17-5-16-9/h1-4,14H,5H2,(H2,13,15). The number of benzene rings is 1. The Kier molecular flexibility index (Phi) is 1.84. The molecule has 0 unspecified atom stereocenters. The summed E-state index contributed by atoms with van der Waals surface area (Å²) in [5.74, 6) is 1.54. The highest BCUT2D eigenvalue weighted by Gasteiger charge is 2.21. The minimum atomic E-state index is 0.262. The van der Waals surface area contributed by atoms with E-state index in [1.807, 2.05) is 23.7 Å². The van der Waals surface area contributed by atoms with Crippen molar-refractivity contribution >= 4 is 27.4 Å². The first-order valence-electron chi connectivity index (χ1n) is 5.44. The van der Waals surface area contributed by atoms with Gasteiger partial charge in [0, 0.05) is 17.1 Å². The fourth-order valence-electron chi connectivity index (χ4n) is 2.20. The molecule has 90 valence electrons. The number of fused-ring (bicyclic) bond motifs is 3. The lowest BCUT2D eigenvalue weighted by molar-refractivity contribution is 0.175. The lowest BCUT2D eigenvalue weighted by Crippen LogP contribution is -1.93. The van der Waals surface area contributed by atoms with E-state index in [0.717, 1.165) is 33.7 Å². The summed E-state index contributed by atoms with van der Waals surface area (Å²) < 4.78 is 10.9. The first-order valence-corrected chi connectivity index (χ1v) is 6.32. The van der Waals surface area contributed by atoms with Gasteiger partial charge in [-0.2, -0.15) is 0 Å². The van der Waals surface area contributed by atoms with Crippen LogP contribution in [0.5, 0.6) is 11.5 Å². The second-order valence-electron chi connectivity index (χ2n) is 4.00. The number of nitrogens with one attached hydrogen (secondary N) is 1. The number of hydrogen-bond acceptors (Lipinski definition) is 5. The Morgan fingerprint density at radius 1 is 1.33 bits per heavy atom. The molecule has 0 aliphatic carbocycles. The molecule has 0 atom stereocenters. The first-order chi connectivity index (χ1) is 8.83. The second kappa shape index (κ2) is 3.39. The topological polar surface area (TPSA) is 73.2 Å². The Morgan fingerprint density at radius 3 is 3.11 bits per heavy atom. The van der Waals surface area contributed by atoms with Crippen molar-refractivity contribution in [1.29, 1.82) is 0 Å². The zero-order chi connectivity index (χ0) is 12.1. The summed E-state index contributed by atoms with van der Waals surface area (Å²) in [6.45, 7) is 0.262. The van der Waals surface area contributed by atoms with Gasteiger partial charge in [0.2, 0.25) is 6.79 Å². The number of aromatic amines is 1. The lowest BCUT2D eigenvalue weighted by atomic mass is 10.1. The van der Waals surface area contributed by atoms with Gasteiger partial charge < -0.3 is 20.2 Å². The van der Waals surface area contributed by atoms with E-state index in [2.05, 4.69) is 9.97 Å². The number of hydrogen-bond donors (Lipinski definition) is 2. The number of thiazole rings is 1. The van der Waals surface area contributed by atoms with Crippen molar-refractivity contribution < 1.29 is 9.47 Å². The fourth-order valence-corrected chi connectivity index (χ4v) is 2.76. The van der Waals surface area contributed by atoms with Gasteiger partial charge in [0.1, 0.15) is 0 Å². The first kappa shape index (κ1) is 9.78. The van der Waals surface area contributed by atoms with Crippen LogP contribution < -0.4 is 15.2 Å². The van der Waals surface area contributed by atoms with Crippen LogP contribution in [0.1, 0.15) is 0 Å². The zero-order valence-corrected chi connectivity index (χ0v) is 10.1. The van der Waals surface area contributed by atoms with Gasteiger partial charge in [-0.25, -0.2) is 4.98 Å². The summed E-state index contributed by atoms with van der Waals surface area (Å²) >= 11 is 1.43. The molecule has 3 N–H and O–H groups in total. The van der Waals surface area contributed by atoms with Crippen LogP contribution in [0.2, 0.25) is 0 Å². The van der Waals surface area contributed by atoms with E-state index in [1.54, 1.807) is 0 Å². The highest BCUT2D eigenvalue weighted by Crippen LogP contribution is 2.43. The number of nitrogen functional groups attached to an aromatic ring is 1. The lowest BCUT2D eigenvalue weighted by Gasteiger charge is -2.00. The average Bonchev–Trinajstić information content (AvgIpc) is 3.03. The summed E-state index contributed by atoms with van der Waals surface area (Å²) in [6.07, 6.45) is 1.92. The largest absolute Gasteiger partial charge is 0.454 e. The van der Waals surface area contributed by atoms with E-state index in [0.29, 0.717) is 5.13 Å². The van der Waals surface area contributed by atoms with Gasteiger partial charge in [-0.15, -0.1) is 11.3 Å². The molecular formula is C12H9N3O2S. The number of anilines is 1. The van der Waals surface area contributed by atoms with Crippen LogP contribution in [-0.4, -0.2) is 16.8 Å². The molecule has 2 aromatic heterocycles. The van der Waals surface area contributed by atoms with Crippen molar-refractivity contribution in [2.45, 2.75) is 0 Å². The Bertz CT molecular complexity index is 747. The maximum Gasteiger partial charge on any atom is 0.231 e. The van der Waals surface area contributed by atoms with Gasteiger partial charge in [-0.3, -0.25) is 0 Å². The minimum Gasteiger partial charge on any atom is -0.454 e. The molecule has 1 aliphatic heterocycles. The van der Waals surface area contributed by atoms with E-state index in [9.17, 15) is 0 Å². The number of ether oxygens (including phenoxy) is 2. The number of nitrogens with zero attached hydrogens (tertiary/aromatic N) is 1. The maximum atomic E-state index is 5.68. The molecule has 0 fully saturated rings. The van der Waals surface area contributed by atoms with Crippen LogP contribution in [0.25, 0.3) is 22.2 Å². The summed E-state index contributed by atoms with van der Waals surface area (Å²) in [5.41, 5.74) is 8.52. The van der Waals surface area contributed by atoms with Gasteiger partial charge in [-0.1, -0.05) is 0 Å². The van der Waals surface area contributed by atoms with Gasteiger partial charge in [0.25, 0.3) is 0 Å². The van der Waals surface area contributed by atoms with Crippen molar-refractivity contribution in [3.63, 3.8) is 0 Å². The van der Waals surface area contributed by atoms with Crippen LogP contribution in [0.15, 0.2) is 23.7 Å². The van der Waals surface area contributed by atoms with Gasteiger partial charge in [0.15, 0.2) is 16.6 Å². The van der Waals surface area contributed by atoms with Crippen molar-refractivity contribution in [2.75, 3.05) is 12.5 Å². The molecule has 0 saturated carbocycles. The summed E-state index contributed by atoms with van der Waals surface area (Å²) in [5, 5.41) is 3.49. The molecule has 18 heavy (non-hydrogen) atoms. The molecule has 0 spiro atoms. The third kappa shape index (κ3) is 1.23. The number of nitrogens with two attached hydrogens (primary N) is 1. The molecule has 0 amide bonds. The van der Waals surface area contributed by atoms with Crippen LogP contribution in [0, 0.1) is 0 Å². The van der Waals surface area contributed by atoms with Crippen LogP contribution in [-0.2, 0) is 0 Å². The predicted octanol–water partition coefficient (Wildman–Crippen LogP) is 2.60. The van der Waals surface area contributed by atoms with Gasteiger partial charge >= 0.3 is 0 Å². The van der Waals surface area contributed by atoms with Crippen molar-refractivity contribution in [3.05, 3.63) is 23.7 Å². The molecule has 1 aromatic carbocycles. The van der Waals surface area contributed by atoms with Crippen LogP contribution in [0.4, 0.5) is 5.13 Å². The Balaban J connectivity index is 2.04. The molecule has 0 saturated heterocycles. The molecule has 0 bridgehead atoms. The Morgan fingerprint density at radius 2 is 2.28 bits per heavy atom. The van der Waals surface area contributed by atoms with Crippen LogP contribution in [0.3, 0.4) is 0 Å².